The Morgan fingerprint density at radius 1 is 0.500 bits per heavy atom. The second-order valence-corrected chi connectivity index (χ2v) is 20.9. The molecular weight excluding hydrogens is 1150 g/mol. The van der Waals surface area contributed by atoms with Crippen LogP contribution in [0, 0.1) is 20.2 Å². The molecule has 0 saturated carbocycles. The standard InChI is InChI=1S/2C28H29N2O6.2C2HF3O2/c2*1-30(16-6-18-34-21-13-11-20(12-14-21)29(32)33)17-15-22(19-30)35-28(31)27-23-7-2-4-9-25(23)36-26-10-5-3-8-24(26)27;2*3-2(4,5)1(6)7/h2*2-5,7-14,22,27H,6,15-19H2,1H3;2*(H,6,7)/q2*+1;;/p-2. The number of nitro benzene ring substituents is 2. The Labute approximate surface area is 488 Å². The molecule has 0 aromatic heterocycles. The lowest BCUT2D eigenvalue weighted by molar-refractivity contribution is -0.899. The van der Waals surface area contributed by atoms with E-state index in [0.29, 0.717) is 47.7 Å². The number of carbonyl (C=O) groups excluding carboxylic acids is 4. The van der Waals surface area contributed by atoms with E-state index in [9.17, 15) is 56.2 Å². The number of hydrogen-bond donors (Lipinski definition) is 0. The number of carboxylic acid groups (broad SMARTS) is 2. The third-order valence-electron chi connectivity index (χ3n) is 14.4. The van der Waals surface area contributed by atoms with Gasteiger partial charge in [0, 0.05) is 72.2 Å². The molecule has 2 fully saturated rings. The first-order valence-electron chi connectivity index (χ1n) is 26.8. The number of halogens is 6. The minimum atomic E-state index is -5.19. The van der Waals surface area contributed by atoms with Crippen LogP contribution in [0.5, 0.6) is 34.5 Å². The van der Waals surface area contributed by atoms with Crippen LogP contribution in [0.2, 0.25) is 0 Å². The normalized spacial score (nSPS) is 19.1. The third-order valence-corrected chi connectivity index (χ3v) is 14.4. The van der Waals surface area contributed by atoms with Crippen molar-refractivity contribution in [1.82, 2.24) is 0 Å². The lowest BCUT2D eigenvalue weighted by Gasteiger charge is -2.30. The summed E-state index contributed by atoms with van der Waals surface area (Å²) in [6.07, 6.45) is -7.37. The Bertz CT molecular complexity index is 3060. The van der Waals surface area contributed by atoms with Gasteiger partial charge in [0.1, 0.15) is 71.4 Å². The molecule has 6 aromatic carbocycles. The number of esters is 2. The summed E-state index contributed by atoms with van der Waals surface area (Å²) in [6.45, 7) is 6.20. The molecule has 2 saturated heterocycles. The van der Waals surface area contributed by atoms with Crippen molar-refractivity contribution >= 4 is 35.3 Å². The fourth-order valence-electron chi connectivity index (χ4n) is 10.3. The molecule has 4 atom stereocenters. The summed E-state index contributed by atoms with van der Waals surface area (Å²) in [7, 11) is 4.36. The van der Waals surface area contributed by atoms with Crippen molar-refractivity contribution in [3.05, 3.63) is 188 Å². The zero-order valence-electron chi connectivity index (χ0n) is 46.2. The molecule has 456 valence electrons. The number of rotatable bonds is 16. The van der Waals surface area contributed by atoms with Gasteiger partial charge in [-0.15, -0.1) is 0 Å². The molecule has 6 aromatic rings. The minimum Gasteiger partial charge on any atom is -0.542 e. The molecule has 4 aliphatic heterocycles. The Morgan fingerprint density at radius 3 is 1.05 bits per heavy atom. The Balaban J connectivity index is 0.000000201. The maximum Gasteiger partial charge on any atom is 0.430 e. The van der Waals surface area contributed by atoms with Crippen molar-refractivity contribution in [3.63, 3.8) is 0 Å². The van der Waals surface area contributed by atoms with E-state index in [1.54, 1.807) is 24.3 Å². The van der Waals surface area contributed by atoms with Crippen LogP contribution in [-0.4, -0.2) is 134 Å². The second-order valence-electron chi connectivity index (χ2n) is 20.9. The molecule has 4 unspecified atom stereocenters. The number of nitrogens with zero attached hydrogens (tertiary/aromatic N) is 4. The molecule has 0 spiro atoms. The minimum absolute atomic E-state index is 0.0470. The number of para-hydroxylation sites is 4. The number of likely N-dealkylation sites (N-methyl/N-ethyl adjacent to an activating group) is 2. The summed E-state index contributed by atoms with van der Waals surface area (Å²) in [4.78, 5) is 65.1. The Morgan fingerprint density at radius 2 is 0.779 bits per heavy atom. The predicted octanol–water partition coefficient (Wildman–Crippen LogP) is 8.72. The number of quaternary nitrogens is 2. The number of hydrogen-bond acceptors (Lipinski definition) is 16. The molecule has 0 radical (unpaired) electrons. The number of carbonyl (C=O) groups is 4. The van der Waals surface area contributed by atoms with E-state index in [4.69, 9.17) is 48.2 Å². The third kappa shape index (κ3) is 17.4. The Hall–Kier alpha value is -9.30. The van der Waals surface area contributed by atoms with Gasteiger partial charge in [0.05, 0.1) is 63.3 Å². The highest BCUT2D eigenvalue weighted by Gasteiger charge is 2.42. The molecule has 0 amide bonds. The number of nitro groups is 2. The number of fused-ring (bicyclic) bond motifs is 4. The van der Waals surface area contributed by atoms with Gasteiger partial charge in [0.25, 0.3) is 11.4 Å². The van der Waals surface area contributed by atoms with Gasteiger partial charge in [-0.05, 0) is 48.5 Å². The van der Waals surface area contributed by atoms with Gasteiger partial charge in [-0.2, -0.15) is 26.3 Å². The van der Waals surface area contributed by atoms with Gasteiger partial charge in [0.15, 0.2) is 12.2 Å². The summed E-state index contributed by atoms with van der Waals surface area (Å²) in [5.74, 6) is -3.48. The number of alkyl halides is 6. The van der Waals surface area contributed by atoms with Crippen LogP contribution in [0.15, 0.2) is 146 Å². The van der Waals surface area contributed by atoms with E-state index in [2.05, 4.69) is 14.1 Å². The van der Waals surface area contributed by atoms with E-state index >= 15 is 0 Å². The summed E-state index contributed by atoms with van der Waals surface area (Å²) in [5, 5.41) is 39.1. The van der Waals surface area contributed by atoms with Crippen LogP contribution in [-0.2, 0) is 28.7 Å². The first kappa shape index (κ1) is 64.3. The van der Waals surface area contributed by atoms with Gasteiger partial charge in [-0.25, -0.2) is 0 Å². The van der Waals surface area contributed by atoms with Gasteiger partial charge in [-0.1, -0.05) is 72.8 Å². The maximum absolute atomic E-state index is 13.4. The van der Waals surface area contributed by atoms with E-state index in [-0.39, 0.29) is 35.5 Å². The van der Waals surface area contributed by atoms with Crippen molar-refractivity contribution in [2.24, 2.45) is 0 Å². The van der Waals surface area contributed by atoms with Gasteiger partial charge in [-0.3, -0.25) is 29.8 Å². The molecule has 26 heteroatoms. The van der Waals surface area contributed by atoms with Crippen LogP contribution in [0.3, 0.4) is 0 Å². The lowest BCUT2D eigenvalue weighted by Crippen LogP contribution is -2.44. The van der Waals surface area contributed by atoms with Crippen molar-refractivity contribution < 1.29 is 103 Å². The van der Waals surface area contributed by atoms with Crippen LogP contribution < -0.4 is 29.2 Å². The summed E-state index contributed by atoms with van der Waals surface area (Å²) < 4.78 is 100. The van der Waals surface area contributed by atoms with Crippen molar-refractivity contribution in [3.8, 4) is 34.5 Å². The summed E-state index contributed by atoms with van der Waals surface area (Å²) >= 11 is 0. The van der Waals surface area contributed by atoms with Gasteiger partial charge in [0.2, 0.25) is 0 Å². The van der Waals surface area contributed by atoms with Crippen LogP contribution in [0.4, 0.5) is 37.7 Å². The molecule has 0 N–H and O–H groups in total. The van der Waals surface area contributed by atoms with Crippen LogP contribution >= 0.6 is 0 Å². The molecule has 86 heavy (non-hydrogen) atoms. The number of non-ortho nitro benzene ring substituents is 2. The lowest BCUT2D eigenvalue weighted by atomic mass is 9.88. The van der Waals surface area contributed by atoms with E-state index in [1.165, 1.54) is 24.3 Å². The average molecular weight is 1210 g/mol. The van der Waals surface area contributed by atoms with E-state index in [1.807, 2.05) is 97.1 Å². The molecule has 0 aliphatic carbocycles. The summed E-state index contributed by atoms with van der Waals surface area (Å²) in [6, 6.07) is 42.8. The topological polar surface area (TPSA) is 256 Å². The fourth-order valence-corrected chi connectivity index (χ4v) is 10.3. The van der Waals surface area contributed by atoms with Crippen LogP contribution in [0.1, 0.15) is 59.8 Å². The first-order chi connectivity index (χ1) is 40.7. The highest BCUT2D eigenvalue weighted by molar-refractivity contribution is 5.86. The number of aliphatic carboxylic acids is 2. The molecule has 10 rings (SSSR count). The molecule has 4 aliphatic rings. The maximum atomic E-state index is 13.4. The monoisotopic (exact) mass is 1200 g/mol. The highest BCUT2D eigenvalue weighted by Crippen LogP contribution is 2.46. The number of benzene rings is 6. The van der Waals surface area contributed by atoms with E-state index < -0.39 is 46.0 Å². The Kier molecular flexibility index (Phi) is 21.0. The van der Waals surface area contributed by atoms with Gasteiger partial charge >= 0.3 is 24.3 Å². The zero-order chi connectivity index (χ0) is 62.4. The highest BCUT2D eigenvalue weighted by atomic mass is 19.4. The number of ether oxygens (including phenoxy) is 6. The van der Waals surface area contributed by atoms with E-state index in [0.717, 1.165) is 96.2 Å². The molecular formula is C60H58F6N4O16. The SMILES string of the molecule is C[N+]1(CCCOc2ccc([N+](=O)[O-])cc2)CCC(OC(=O)C2c3ccccc3Oc3ccccc32)C1.C[N+]1(CCCOc2ccc([N+](=O)[O-])cc2)CCC(OC(=O)C2c3ccccc3Oc3ccccc32)C1.O=C([O-])C(F)(F)F.O=C([O-])C(F)(F)F. The fraction of sp³-hybridized carbons (Fsp3) is 0.333. The summed E-state index contributed by atoms with van der Waals surface area (Å²) in [5.41, 5.74) is 3.43. The van der Waals surface area contributed by atoms with Gasteiger partial charge < -0.3 is 57.2 Å². The smallest absolute Gasteiger partial charge is 0.430 e. The van der Waals surface area contributed by atoms with Crippen molar-refractivity contribution in [1.29, 1.82) is 0 Å². The largest absolute Gasteiger partial charge is 0.542 e. The van der Waals surface area contributed by atoms with Crippen molar-refractivity contribution in [2.45, 2.75) is 62.1 Å². The zero-order valence-corrected chi connectivity index (χ0v) is 46.2. The molecule has 4 heterocycles. The molecule has 0 bridgehead atoms. The quantitative estimate of drug-likeness (QED) is 0.0219. The van der Waals surface area contributed by atoms with Crippen molar-refractivity contribution in [2.75, 3.05) is 66.6 Å². The van der Waals surface area contributed by atoms with Crippen LogP contribution in [0.25, 0.3) is 0 Å². The first-order valence-corrected chi connectivity index (χ1v) is 26.8. The number of likely N-dealkylation sites (tertiary alicyclic amines) is 2. The second kappa shape index (κ2) is 28.1. The number of carboxylic acids is 2. The average Bonchev–Trinajstić information content (AvgIpc) is 1.16. The predicted molar refractivity (Wildman–Crippen MR) is 289 cm³/mol. The molecule has 20 nitrogen and oxygen atoms in total.